The van der Waals surface area contributed by atoms with Gasteiger partial charge in [-0.3, -0.25) is 10.7 Å². The van der Waals surface area contributed by atoms with Crippen molar-refractivity contribution in [2.45, 2.75) is 5.78 Å². The number of pyridine rings is 1. The Balaban J connectivity index is 2.85. The molecule has 4 nitrogen and oxygen atoms in total. The molecule has 3 N–H and O–H groups in total. The second kappa shape index (κ2) is 3.53. The van der Waals surface area contributed by atoms with Gasteiger partial charge in [0.15, 0.2) is 0 Å². The molecule has 0 aromatic carbocycles. The van der Waals surface area contributed by atoms with Gasteiger partial charge in [-0.15, -0.1) is 0 Å². The smallest absolute Gasteiger partial charge is 0.281 e. The Bertz CT molecular complexity index is 252. The van der Waals surface area contributed by atoms with Crippen molar-refractivity contribution in [2.24, 2.45) is 5.73 Å². The highest BCUT2D eigenvalue weighted by molar-refractivity contribution is 7.38. The minimum absolute atomic E-state index is 0.580. The average Bonchev–Trinajstić information content (AvgIpc) is 2.05. The predicted molar refractivity (Wildman–Crippen MR) is 41.0 cm³/mol. The first-order valence-electron chi connectivity index (χ1n) is 3.02. The molecule has 58 valence electrons. The molecule has 0 bridgehead atoms. The molecule has 0 aliphatic carbocycles. The van der Waals surface area contributed by atoms with Crippen LogP contribution in [-0.4, -0.2) is 9.88 Å². The van der Waals surface area contributed by atoms with E-state index < -0.39 is 13.8 Å². The fourth-order valence-electron chi connectivity index (χ4n) is 0.678. The number of aromatic nitrogens is 1. The van der Waals surface area contributed by atoms with E-state index in [1.54, 1.807) is 18.3 Å². The molecule has 5 heteroatoms. The van der Waals surface area contributed by atoms with E-state index in [1.807, 2.05) is 0 Å². The van der Waals surface area contributed by atoms with E-state index in [9.17, 15) is 4.57 Å². The number of nitrogens with zero attached hydrogens (tertiary/aromatic N) is 1. The van der Waals surface area contributed by atoms with Crippen LogP contribution < -0.4 is 5.73 Å². The molecule has 0 spiro atoms. The maximum atomic E-state index is 10.5. The topological polar surface area (TPSA) is 76.2 Å². The molecule has 1 heterocycles. The minimum atomic E-state index is -2.35. The van der Waals surface area contributed by atoms with Gasteiger partial charge in [0.05, 0.1) is 0 Å². The molecule has 1 aromatic rings. The lowest BCUT2D eigenvalue weighted by Crippen LogP contribution is -2.05. The summed E-state index contributed by atoms with van der Waals surface area (Å²) >= 11 is 0. The van der Waals surface area contributed by atoms with Crippen LogP contribution in [0.5, 0.6) is 0 Å². The Morgan fingerprint density at radius 2 is 2.45 bits per heavy atom. The second-order valence-corrected chi connectivity index (χ2v) is 3.20. The Morgan fingerprint density at radius 3 is 2.91 bits per heavy atom. The molecule has 11 heavy (non-hydrogen) atoms. The van der Waals surface area contributed by atoms with Crippen LogP contribution in [0.2, 0.25) is 0 Å². The number of hydrogen-bond donors (Lipinski definition) is 2. The summed E-state index contributed by atoms with van der Waals surface area (Å²) in [4.78, 5) is 12.4. The summed E-state index contributed by atoms with van der Waals surface area (Å²) < 4.78 is 10.5. The Labute approximate surface area is 64.9 Å². The van der Waals surface area contributed by atoms with Crippen molar-refractivity contribution in [3.05, 3.63) is 30.1 Å². The molecular formula is C6H8N2O2P+. The molecule has 2 atom stereocenters. The van der Waals surface area contributed by atoms with Gasteiger partial charge in [-0.05, 0) is 16.7 Å². The lowest BCUT2D eigenvalue weighted by atomic mass is 10.3. The van der Waals surface area contributed by atoms with Gasteiger partial charge in [-0.1, -0.05) is 0 Å². The Hall–Kier alpha value is -0.830. The van der Waals surface area contributed by atoms with Crippen molar-refractivity contribution >= 4 is 8.03 Å². The lowest BCUT2D eigenvalue weighted by molar-refractivity contribution is 0.491. The van der Waals surface area contributed by atoms with Gasteiger partial charge in [-0.2, -0.15) is 4.89 Å². The fourth-order valence-corrected chi connectivity index (χ4v) is 1.09. The number of nitrogens with two attached hydrogens (primary N) is 1. The first kappa shape index (κ1) is 8.27. The molecule has 0 saturated heterocycles. The summed E-state index contributed by atoms with van der Waals surface area (Å²) in [6.07, 6.45) is 3.06. The third-order valence-corrected chi connectivity index (χ3v) is 2.04. The van der Waals surface area contributed by atoms with Gasteiger partial charge in [0, 0.05) is 18.0 Å². The summed E-state index contributed by atoms with van der Waals surface area (Å²) in [5.41, 5.74) is 5.94. The zero-order valence-corrected chi connectivity index (χ0v) is 6.61. The summed E-state index contributed by atoms with van der Waals surface area (Å²) in [5.74, 6) is -0.821. The monoisotopic (exact) mass is 171 g/mol. The van der Waals surface area contributed by atoms with Gasteiger partial charge in [-0.25, -0.2) is 0 Å². The minimum Gasteiger partial charge on any atom is -0.281 e. The number of hydrogen-bond acceptors (Lipinski definition) is 3. The fraction of sp³-hybridized carbons (Fsp3) is 0.167. The van der Waals surface area contributed by atoms with Crippen molar-refractivity contribution in [1.29, 1.82) is 0 Å². The van der Waals surface area contributed by atoms with E-state index in [1.165, 1.54) is 6.20 Å². The van der Waals surface area contributed by atoms with E-state index in [2.05, 4.69) is 4.98 Å². The zero-order valence-electron chi connectivity index (χ0n) is 5.71. The van der Waals surface area contributed by atoms with Crippen LogP contribution in [0, 0.1) is 0 Å². The van der Waals surface area contributed by atoms with Gasteiger partial charge < -0.3 is 0 Å². The van der Waals surface area contributed by atoms with Crippen LogP contribution in [0.3, 0.4) is 0 Å². The van der Waals surface area contributed by atoms with Crippen LogP contribution in [0.25, 0.3) is 0 Å². The summed E-state index contributed by atoms with van der Waals surface area (Å²) in [6.45, 7) is 0. The molecule has 0 radical (unpaired) electrons. The number of rotatable bonds is 2. The largest absolute Gasteiger partial charge is 0.529 e. The van der Waals surface area contributed by atoms with Crippen LogP contribution in [0.4, 0.5) is 0 Å². The third kappa shape index (κ3) is 2.05. The van der Waals surface area contributed by atoms with Crippen LogP contribution >= 0.6 is 8.03 Å². The van der Waals surface area contributed by atoms with Crippen LogP contribution in [0.15, 0.2) is 24.5 Å². The molecule has 0 aliphatic rings. The molecular weight excluding hydrogens is 163 g/mol. The highest BCUT2D eigenvalue weighted by Crippen LogP contribution is 2.31. The maximum absolute atomic E-state index is 10.5. The van der Waals surface area contributed by atoms with Crippen molar-refractivity contribution in [1.82, 2.24) is 4.98 Å². The van der Waals surface area contributed by atoms with Crippen molar-refractivity contribution < 1.29 is 9.46 Å². The standard InChI is InChI=1S/C6H7N2O2P/c7-6(11(9)10)5-2-1-3-8-4-5/h1-4,6H,7H2/p+1. The summed E-state index contributed by atoms with van der Waals surface area (Å²) in [7, 11) is -2.35. The lowest BCUT2D eigenvalue weighted by Gasteiger charge is -1.95. The van der Waals surface area contributed by atoms with Gasteiger partial charge in [0.25, 0.3) is 5.78 Å². The molecule has 1 aromatic heterocycles. The zero-order chi connectivity index (χ0) is 8.27. The van der Waals surface area contributed by atoms with Crippen LogP contribution in [0.1, 0.15) is 11.3 Å². The van der Waals surface area contributed by atoms with E-state index in [4.69, 9.17) is 10.6 Å². The van der Waals surface area contributed by atoms with Crippen molar-refractivity contribution in [3.8, 4) is 0 Å². The SMILES string of the molecule is NC(c1cccnc1)[P+](=O)O. The first-order chi connectivity index (χ1) is 5.22. The molecule has 0 saturated carbocycles. The highest BCUT2D eigenvalue weighted by atomic mass is 31.1. The molecule has 0 amide bonds. The van der Waals surface area contributed by atoms with E-state index in [-0.39, 0.29) is 0 Å². The van der Waals surface area contributed by atoms with Gasteiger partial charge in [0.1, 0.15) is 0 Å². The Morgan fingerprint density at radius 1 is 1.73 bits per heavy atom. The third-order valence-electron chi connectivity index (χ3n) is 1.26. The molecule has 1 rings (SSSR count). The molecule has 0 aliphatic heterocycles. The first-order valence-corrected chi connectivity index (χ1v) is 4.30. The van der Waals surface area contributed by atoms with E-state index >= 15 is 0 Å². The van der Waals surface area contributed by atoms with Crippen molar-refractivity contribution in [2.75, 3.05) is 0 Å². The molecule has 0 fully saturated rings. The van der Waals surface area contributed by atoms with Gasteiger partial charge >= 0.3 is 8.03 Å². The van der Waals surface area contributed by atoms with E-state index in [0.29, 0.717) is 5.56 Å². The average molecular weight is 171 g/mol. The Kier molecular flexibility index (Phi) is 2.65. The molecule has 2 unspecified atom stereocenters. The highest BCUT2D eigenvalue weighted by Gasteiger charge is 2.25. The van der Waals surface area contributed by atoms with Crippen molar-refractivity contribution in [3.63, 3.8) is 0 Å². The van der Waals surface area contributed by atoms with Gasteiger partial charge in [0.2, 0.25) is 0 Å². The maximum Gasteiger partial charge on any atom is 0.529 e. The second-order valence-electron chi connectivity index (χ2n) is 2.03. The summed E-state index contributed by atoms with van der Waals surface area (Å²) in [5, 5.41) is 0. The van der Waals surface area contributed by atoms with E-state index in [0.717, 1.165) is 0 Å². The predicted octanol–water partition coefficient (Wildman–Crippen LogP) is 0.774. The van der Waals surface area contributed by atoms with Crippen LogP contribution in [-0.2, 0) is 4.57 Å². The summed E-state index contributed by atoms with van der Waals surface area (Å²) in [6, 6.07) is 3.34. The normalized spacial score (nSPS) is 14.2. The quantitative estimate of drug-likeness (QED) is 0.644.